The van der Waals surface area contributed by atoms with Crippen LogP contribution in [-0.4, -0.2) is 6.88 Å². The fourth-order valence-corrected chi connectivity index (χ4v) is 8.27. The number of fused-ring (bicyclic) bond motifs is 2. The van der Waals surface area contributed by atoms with E-state index in [1.165, 1.54) is 154 Å². The number of hydrogen-bond acceptors (Lipinski definition) is 0. The summed E-state index contributed by atoms with van der Waals surface area (Å²) in [6.07, 6.45) is 17.2. The van der Waals surface area contributed by atoms with Crippen LogP contribution in [0.15, 0.2) is 109 Å². The molecule has 6 aromatic carbocycles. The standard InChI is InChI=1S/2C23H25.C3H7.CH3.2ClH.Si.Zr/c2*1-2-17-10-12-20(13-11-17)22-9-5-8-21-15-19(16-23(21)22)14-18-6-3-4-7-18;1-3-2;;;;;/h2*5,8-13,15-16,18H,2-4,6-7,14H2,1H3;1,3H2,2H3;1H3;2*1H;;/q4*-1;;;;. The summed E-state index contributed by atoms with van der Waals surface area (Å²) < 4.78 is 0. The summed E-state index contributed by atoms with van der Waals surface area (Å²) in [4.78, 5) is 0. The first-order valence-corrected chi connectivity index (χ1v) is 23.9. The fraction of sp³-hybridized carbons (Fsp3) is 0.360. The van der Waals surface area contributed by atoms with Crippen molar-refractivity contribution in [2.75, 3.05) is 0 Å². The van der Waals surface area contributed by atoms with Gasteiger partial charge in [-0.05, 0) is 59.8 Å². The number of rotatable bonds is 8. The van der Waals surface area contributed by atoms with Crippen molar-refractivity contribution in [2.24, 2.45) is 11.8 Å². The van der Waals surface area contributed by atoms with Gasteiger partial charge in [-0.3, -0.25) is 0 Å². The molecule has 0 aromatic heterocycles. The first-order chi connectivity index (χ1) is 25.1. The van der Waals surface area contributed by atoms with E-state index in [9.17, 15) is 0 Å². The topological polar surface area (TPSA) is 0 Å². The van der Waals surface area contributed by atoms with Crippen LogP contribution in [0.3, 0.4) is 0 Å². The minimum atomic E-state index is 0. The van der Waals surface area contributed by atoms with E-state index < -0.39 is 0 Å². The van der Waals surface area contributed by atoms with Gasteiger partial charge >= 0.3 is 30.2 Å². The Balaban J connectivity index is 0.000000318. The van der Waals surface area contributed by atoms with E-state index >= 15 is 0 Å². The summed E-state index contributed by atoms with van der Waals surface area (Å²) in [6.45, 7) is 13.0. The van der Waals surface area contributed by atoms with Crippen LogP contribution >= 0.6 is 24.8 Å². The predicted octanol–water partition coefficient (Wildman–Crippen LogP) is 15.2. The van der Waals surface area contributed by atoms with Crippen LogP contribution in [0.4, 0.5) is 0 Å². The monoisotopic (exact) mass is 850 g/mol. The van der Waals surface area contributed by atoms with Gasteiger partial charge in [0.25, 0.3) is 0 Å². The van der Waals surface area contributed by atoms with Crippen molar-refractivity contribution >= 4 is 53.2 Å². The summed E-state index contributed by atoms with van der Waals surface area (Å²) in [7, 11) is 0. The van der Waals surface area contributed by atoms with Gasteiger partial charge in [0.15, 0.2) is 0 Å². The first kappa shape index (κ1) is 47.9. The predicted molar refractivity (Wildman–Crippen MR) is 242 cm³/mol. The summed E-state index contributed by atoms with van der Waals surface area (Å²) >= 11 is 1.36. The summed E-state index contributed by atoms with van der Waals surface area (Å²) in [6, 6.07) is 41.3. The second-order valence-electron chi connectivity index (χ2n) is 14.7. The van der Waals surface area contributed by atoms with Crippen LogP contribution in [0.5, 0.6) is 0 Å². The molecule has 54 heavy (non-hydrogen) atoms. The Morgan fingerprint density at radius 2 is 0.907 bits per heavy atom. The third kappa shape index (κ3) is 12.9. The van der Waals surface area contributed by atoms with Crippen LogP contribution in [0.2, 0.25) is 0 Å². The molecule has 4 heteroatoms. The molecule has 0 N–H and O–H groups in total. The Bertz CT molecular complexity index is 1770. The van der Waals surface area contributed by atoms with E-state index in [1.807, 2.05) is 6.92 Å². The SMILES string of the molecule is CCc1ccc(-c2cccc3[cH-]c(CC4CCCC4)cc23)cc1.CCc1ccc(-c2cccc3[cH-]c(CC4CCCC4)cc23)cc1.Cl.Cl.[CH2-]CC.[CH3-].[Si]=[Zr]. The second kappa shape index (κ2) is 25.1. The fourth-order valence-electron chi connectivity index (χ4n) is 8.27. The van der Waals surface area contributed by atoms with Crippen molar-refractivity contribution < 1.29 is 23.3 Å². The molecule has 8 rings (SSSR count). The van der Waals surface area contributed by atoms with Crippen molar-refractivity contribution in [1.29, 1.82) is 0 Å². The normalized spacial score (nSPS) is 13.6. The Morgan fingerprint density at radius 1 is 0.574 bits per heavy atom. The molecule has 0 heterocycles. The zero-order valence-corrected chi connectivity index (χ0v) is 38.4. The Hall–Kier alpha value is -2.22. The van der Waals surface area contributed by atoms with Crippen LogP contribution in [0.1, 0.15) is 101 Å². The Morgan fingerprint density at radius 3 is 1.22 bits per heavy atom. The quantitative estimate of drug-likeness (QED) is 0.106. The minimum absolute atomic E-state index is 0. The summed E-state index contributed by atoms with van der Waals surface area (Å²) in [5.41, 5.74) is 11.3. The Labute approximate surface area is 358 Å². The molecule has 2 radical (unpaired) electrons. The van der Waals surface area contributed by atoms with Crippen LogP contribution in [0, 0.1) is 26.2 Å². The van der Waals surface area contributed by atoms with Gasteiger partial charge in [0.2, 0.25) is 0 Å². The van der Waals surface area contributed by atoms with Gasteiger partial charge in [-0.15, -0.1) is 93.9 Å². The van der Waals surface area contributed by atoms with E-state index in [2.05, 4.69) is 137 Å². The van der Waals surface area contributed by atoms with Crippen molar-refractivity contribution in [3.8, 4) is 22.3 Å². The van der Waals surface area contributed by atoms with Gasteiger partial charge in [0, 0.05) is 0 Å². The van der Waals surface area contributed by atoms with Crippen molar-refractivity contribution in [3.63, 3.8) is 0 Å². The molecule has 6 aromatic rings. The summed E-state index contributed by atoms with van der Waals surface area (Å²) in [5, 5.41) is 5.64. The van der Waals surface area contributed by atoms with Gasteiger partial charge in [0.05, 0.1) is 0 Å². The molecule has 0 unspecified atom stereocenters. The number of halogens is 2. The number of hydrogen-bond donors (Lipinski definition) is 0. The zero-order chi connectivity index (χ0) is 36.0. The van der Waals surface area contributed by atoms with Gasteiger partial charge in [0.1, 0.15) is 0 Å². The molecule has 2 fully saturated rings. The molecule has 2 aliphatic rings. The molecule has 0 bridgehead atoms. The second-order valence-corrected chi connectivity index (χ2v) is 14.7. The van der Waals surface area contributed by atoms with Gasteiger partial charge < -0.3 is 14.4 Å². The number of benzene rings is 4. The van der Waals surface area contributed by atoms with Crippen LogP contribution < -0.4 is 0 Å². The molecule has 0 nitrogen and oxygen atoms in total. The average molecular weight is 853 g/mol. The molecule has 288 valence electrons. The molecular weight excluding hydrogens is 791 g/mol. The molecule has 2 aliphatic carbocycles. The van der Waals surface area contributed by atoms with Gasteiger partial charge in [-0.1, -0.05) is 144 Å². The maximum atomic E-state index is 3.49. The van der Waals surface area contributed by atoms with E-state index in [4.69, 9.17) is 0 Å². The summed E-state index contributed by atoms with van der Waals surface area (Å²) in [5.74, 6) is 1.83. The van der Waals surface area contributed by atoms with E-state index in [0.29, 0.717) is 0 Å². The van der Waals surface area contributed by atoms with Crippen LogP contribution in [0.25, 0.3) is 43.8 Å². The zero-order valence-electron chi connectivity index (χ0n) is 33.3. The molecular formula is C50H62Cl2SiZr-4. The first-order valence-electron chi connectivity index (χ1n) is 19.7. The van der Waals surface area contributed by atoms with E-state index in [0.717, 1.165) is 31.1 Å². The van der Waals surface area contributed by atoms with Crippen molar-refractivity contribution in [3.05, 3.63) is 146 Å². The third-order valence-corrected chi connectivity index (χ3v) is 11.0. The molecule has 0 atom stereocenters. The molecule has 0 amide bonds. The average Bonchev–Trinajstić information content (AvgIpc) is 4.01. The maximum absolute atomic E-state index is 3.49. The molecule has 0 aliphatic heterocycles. The number of aryl methyl sites for hydroxylation is 2. The molecule has 2 saturated carbocycles. The molecule has 0 saturated heterocycles. The van der Waals surface area contributed by atoms with Gasteiger partial charge in [-0.25, -0.2) is 0 Å². The van der Waals surface area contributed by atoms with E-state index in [-0.39, 0.29) is 32.2 Å². The van der Waals surface area contributed by atoms with Crippen molar-refractivity contribution in [1.82, 2.24) is 0 Å². The molecule has 0 spiro atoms. The Kier molecular flexibility index (Phi) is 22.3. The third-order valence-electron chi connectivity index (χ3n) is 11.0. The van der Waals surface area contributed by atoms with Crippen LogP contribution in [-0.2, 0) is 49.0 Å². The van der Waals surface area contributed by atoms with Crippen molar-refractivity contribution in [2.45, 2.75) is 104 Å². The van der Waals surface area contributed by atoms with E-state index in [1.54, 1.807) is 0 Å². The van der Waals surface area contributed by atoms with Gasteiger partial charge in [-0.2, -0.15) is 18.6 Å².